The molecule has 0 bridgehead atoms. The maximum Gasteiger partial charge on any atom is 0.387 e. The molecule has 0 aliphatic heterocycles. The first-order chi connectivity index (χ1) is 18.8. The molecule has 3 aromatic carbocycles. The Labute approximate surface area is 233 Å². The molecule has 0 aliphatic carbocycles. The van der Waals surface area contributed by atoms with Crippen molar-refractivity contribution >= 4 is 27.3 Å². The fourth-order valence-electron chi connectivity index (χ4n) is 3.93. The van der Waals surface area contributed by atoms with Crippen molar-refractivity contribution in [3.63, 3.8) is 0 Å². The van der Waals surface area contributed by atoms with Crippen LogP contribution in [0.3, 0.4) is 0 Å². The number of aliphatic hydroxyl groups excluding tert-OH is 1. The summed E-state index contributed by atoms with van der Waals surface area (Å²) >= 11 is 6.31. The number of aromatic hydroxyl groups is 1. The highest BCUT2D eigenvalue weighted by Gasteiger charge is 2.21. The Morgan fingerprint density at radius 3 is 2.25 bits per heavy atom. The van der Waals surface area contributed by atoms with E-state index in [1.54, 1.807) is 24.3 Å². The molecule has 8 nitrogen and oxygen atoms in total. The van der Waals surface area contributed by atoms with Crippen molar-refractivity contribution in [2.75, 3.05) is 17.5 Å². The summed E-state index contributed by atoms with van der Waals surface area (Å²) < 4.78 is 85.5. The average Bonchev–Trinajstić information content (AvgIpc) is 2.84. The van der Waals surface area contributed by atoms with Gasteiger partial charge >= 0.3 is 13.2 Å². The molecule has 0 saturated carbocycles. The van der Waals surface area contributed by atoms with E-state index < -0.39 is 46.9 Å². The number of anilines is 1. The van der Waals surface area contributed by atoms with Crippen LogP contribution in [0.5, 0.6) is 17.2 Å². The smallest absolute Gasteiger partial charge is 0.387 e. The van der Waals surface area contributed by atoms with E-state index in [-0.39, 0.29) is 30.8 Å². The largest absolute Gasteiger partial charge is 0.506 e. The quantitative estimate of drug-likeness (QED) is 0.149. The Bertz CT molecular complexity index is 1400. The highest BCUT2D eigenvalue weighted by Crippen LogP contribution is 2.34. The van der Waals surface area contributed by atoms with Crippen LogP contribution in [-0.4, -0.2) is 50.8 Å². The van der Waals surface area contributed by atoms with Gasteiger partial charge in [0.15, 0.2) is 11.5 Å². The molecule has 3 aromatic rings. The van der Waals surface area contributed by atoms with Crippen LogP contribution < -0.4 is 19.5 Å². The number of ether oxygens (including phenoxy) is 2. The summed E-state index contributed by atoms with van der Waals surface area (Å²) in [6.07, 6.45) is 0.214. The van der Waals surface area contributed by atoms with Crippen molar-refractivity contribution in [1.82, 2.24) is 5.32 Å². The molecule has 0 aromatic heterocycles. The Morgan fingerprint density at radius 2 is 1.60 bits per heavy atom. The van der Waals surface area contributed by atoms with Crippen LogP contribution in [0.15, 0.2) is 60.7 Å². The van der Waals surface area contributed by atoms with Gasteiger partial charge in [-0.05, 0) is 59.9 Å². The number of halogens is 5. The van der Waals surface area contributed by atoms with E-state index in [4.69, 9.17) is 11.6 Å². The number of alkyl halides is 4. The molecular weight excluding hydrogens is 580 g/mol. The molecule has 0 heterocycles. The third-order valence-electron chi connectivity index (χ3n) is 5.61. The van der Waals surface area contributed by atoms with Crippen molar-refractivity contribution in [2.24, 2.45) is 0 Å². The van der Waals surface area contributed by atoms with Crippen molar-refractivity contribution in [1.29, 1.82) is 0 Å². The topological polar surface area (TPSA) is 117 Å². The van der Waals surface area contributed by atoms with Crippen LogP contribution in [0.4, 0.5) is 23.2 Å². The minimum atomic E-state index is -3.65. The maximum atomic E-state index is 13.0. The summed E-state index contributed by atoms with van der Waals surface area (Å²) in [7, 11) is -3.65. The van der Waals surface area contributed by atoms with E-state index in [9.17, 15) is 36.2 Å². The normalized spacial score (nSPS) is 13.3. The van der Waals surface area contributed by atoms with E-state index in [0.29, 0.717) is 21.7 Å². The predicted octanol–water partition coefficient (Wildman–Crippen LogP) is 5.10. The first-order valence-electron chi connectivity index (χ1n) is 11.8. The van der Waals surface area contributed by atoms with Crippen molar-refractivity contribution in [3.8, 4) is 17.2 Å². The van der Waals surface area contributed by atoms with Crippen LogP contribution in [0.2, 0.25) is 5.02 Å². The van der Waals surface area contributed by atoms with Crippen LogP contribution >= 0.6 is 11.6 Å². The highest BCUT2D eigenvalue weighted by molar-refractivity contribution is 7.92. The van der Waals surface area contributed by atoms with E-state index in [1.165, 1.54) is 24.3 Å². The summed E-state index contributed by atoms with van der Waals surface area (Å²) in [6.45, 7) is -6.57. The van der Waals surface area contributed by atoms with Gasteiger partial charge in [0.1, 0.15) is 5.75 Å². The van der Waals surface area contributed by atoms with Crippen LogP contribution in [0.25, 0.3) is 0 Å². The third-order valence-corrected chi connectivity index (χ3v) is 6.57. The lowest BCUT2D eigenvalue weighted by molar-refractivity contribution is -0.0692. The number of aliphatic hydroxyl groups is 1. The van der Waals surface area contributed by atoms with Gasteiger partial charge in [0.2, 0.25) is 10.0 Å². The Morgan fingerprint density at radius 1 is 0.925 bits per heavy atom. The second kappa shape index (κ2) is 13.9. The number of hydrogen-bond acceptors (Lipinski definition) is 7. The standard InChI is InChI=1S/C26H27ClF4N2O6S/c1-40(36,37)33-21-11-15(6-8-22(21)35)10-18(34)14-32-20(12-16-4-2-3-5-19(16)27)17-7-9-23(38-25(28)29)24(13-17)39-26(30)31/h2-9,11,13,18,20,25-26,32-35H,10,12,14H2,1H3. The van der Waals surface area contributed by atoms with Crippen molar-refractivity contribution in [3.05, 3.63) is 82.4 Å². The number of benzene rings is 3. The average molecular weight is 607 g/mol. The Balaban J connectivity index is 1.83. The molecule has 3 rings (SSSR count). The van der Waals surface area contributed by atoms with Gasteiger partial charge in [0.05, 0.1) is 18.0 Å². The van der Waals surface area contributed by atoms with E-state index in [1.807, 2.05) is 0 Å². The van der Waals surface area contributed by atoms with Crippen LogP contribution in [-0.2, 0) is 22.9 Å². The van der Waals surface area contributed by atoms with E-state index in [2.05, 4.69) is 19.5 Å². The zero-order valence-corrected chi connectivity index (χ0v) is 22.6. The summed E-state index contributed by atoms with van der Waals surface area (Å²) in [6, 6.07) is 14.1. The number of rotatable bonds is 14. The Kier molecular flexibility index (Phi) is 10.9. The predicted molar refractivity (Wildman–Crippen MR) is 142 cm³/mol. The van der Waals surface area contributed by atoms with Crippen LogP contribution in [0, 0.1) is 0 Å². The molecule has 14 heteroatoms. The fraction of sp³-hybridized carbons (Fsp3) is 0.308. The first kappa shape index (κ1) is 31.3. The molecular formula is C26H27ClF4N2O6S. The molecule has 0 saturated heterocycles. The molecule has 4 N–H and O–H groups in total. The SMILES string of the molecule is CS(=O)(=O)Nc1cc(CC(O)CNC(Cc2ccccc2Cl)c2ccc(OC(F)F)c(OC(F)F)c2)ccc1O. The minimum Gasteiger partial charge on any atom is -0.506 e. The molecule has 40 heavy (non-hydrogen) atoms. The summed E-state index contributed by atoms with van der Waals surface area (Å²) in [5, 5.41) is 24.2. The lowest BCUT2D eigenvalue weighted by atomic mass is 9.97. The molecule has 0 fully saturated rings. The molecule has 0 radical (unpaired) electrons. The van der Waals surface area contributed by atoms with Crippen molar-refractivity contribution < 1.29 is 45.7 Å². The minimum absolute atomic E-state index is 0.0227. The summed E-state index contributed by atoms with van der Waals surface area (Å²) in [5.41, 5.74) is 1.53. The number of sulfonamides is 1. The fourth-order valence-corrected chi connectivity index (χ4v) is 4.70. The Hall–Kier alpha value is -3.26. The summed E-state index contributed by atoms with van der Waals surface area (Å²) in [5.74, 6) is -1.45. The highest BCUT2D eigenvalue weighted by atomic mass is 35.5. The molecule has 0 amide bonds. The van der Waals surface area contributed by atoms with Gasteiger partial charge in [-0.3, -0.25) is 4.72 Å². The number of nitrogens with one attached hydrogen (secondary N) is 2. The van der Waals surface area contributed by atoms with Gasteiger partial charge in [-0.15, -0.1) is 0 Å². The lowest BCUT2D eigenvalue weighted by Crippen LogP contribution is -2.32. The van der Waals surface area contributed by atoms with Gasteiger partial charge in [-0.2, -0.15) is 17.6 Å². The third kappa shape index (κ3) is 9.73. The van der Waals surface area contributed by atoms with E-state index >= 15 is 0 Å². The molecule has 2 atom stereocenters. The molecule has 0 spiro atoms. The number of phenols is 1. The van der Waals surface area contributed by atoms with Gasteiger partial charge in [0.25, 0.3) is 0 Å². The van der Waals surface area contributed by atoms with Crippen LogP contribution in [0.1, 0.15) is 22.7 Å². The van der Waals surface area contributed by atoms with Gasteiger partial charge < -0.3 is 25.0 Å². The zero-order valence-electron chi connectivity index (χ0n) is 21.0. The summed E-state index contributed by atoms with van der Waals surface area (Å²) in [4.78, 5) is 0. The first-order valence-corrected chi connectivity index (χ1v) is 14.1. The van der Waals surface area contributed by atoms with Crippen molar-refractivity contribution in [2.45, 2.75) is 38.2 Å². The van der Waals surface area contributed by atoms with Gasteiger partial charge in [-0.1, -0.05) is 41.9 Å². The van der Waals surface area contributed by atoms with Gasteiger partial charge in [0, 0.05) is 17.6 Å². The molecule has 0 aliphatic rings. The maximum absolute atomic E-state index is 13.0. The lowest BCUT2D eigenvalue weighted by Gasteiger charge is -2.23. The molecule has 2 unspecified atom stereocenters. The zero-order chi connectivity index (χ0) is 29.4. The second-order valence-corrected chi connectivity index (χ2v) is 11.0. The van der Waals surface area contributed by atoms with E-state index in [0.717, 1.165) is 18.4 Å². The monoisotopic (exact) mass is 606 g/mol. The molecule has 218 valence electrons. The van der Waals surface area contributed by atoms with Gasteiger partial charge in [-0.25, -0.2) is 8.42 Å². The second-order valence-electron chi connectivity index (χ2n) is 8.80. The number of hydrogen-bond donors (Lipinski definition) is 4. The number of phenolic OH excluding ortho intramolecular Hbond substituents is 1.